The molecule has 1 aromatic carbocycles. The average molecular weight is 218 g/mol. The van der Waals surface area contributed by atoms with Crippen LogP contribution < -0.4 is 0 Å². The zero-order valence-corrected chi connectivity index (χ0v) is 10.6. The lowest BCUT2D eigenvalue weighted by Gasteiger charge is -2.11. The predicted molar refractivity (Wildman–Crippen MR) is 71.3 cm³/mol. The van der Waals surface area contributed by atoms with E-state index in [9.17, 15) is 5.11 Å². The smallest absolute Gasteiger partial charge is 0.104 e. The van der Waals surface area contributed by atoms with E-state index in [0.717, 1.165) is 11.1 Å². The summed E-state index contributed by atoms with van der Waals surface area (Å²) in [7, 11) is 0. The molecule has 0 aromatic heterocycles. The molecule has 0 aliphatic carbocycles. The van der Waals surface area contributed by atoms with Gasteiger partial charge in [0.1, 0.15) is 6.10 Å². The Bertz CT molecular complexity index is 323. The van der Waals surface area contributed by atoms with Crippen LogP contribution in [0.5, 0.6) is 0 Å². The van der Waals surface area contributed by atoms with Crippen LogP contribution in [0.15, 0.2) is 54.1 Å². The molecule has 1 N–H and O–H groups in total. The lowest BCUT2D eigenvalue weighted by atomic mass is 10.0. The van der Waals surface area contributed by atoms with E-state index < -0.39 is 6.10 Å². The Morgan fingerprint density at radius 1 is 1.12 bits per heavy atom. The maximum Gasteiger partial charge on any atom is 0.104 e. The van der Waals surface area contributed by atoms with Crippen molar-refractivity contribution in [1.82, 2.24) is 0 Å². The van der Waals surface area contributed by atoms with Gasteiger partial charge in [0.05, 0.1) is 0 Å². The Morgan fingerprint density at radius 2 is 1.69 bits per heavy atom. The van der Waals surface area contributed by atoms with Gasteiger partial charge in [-0.2, -0.15) is 0 Å². The fourth-order valence-corrected chi connectivity index (χ4v) is 1.37. The van der Waals surface area contributed by atoms with Crippen molar-refractivity contribution in [2.24, 2.45) is 0 Å². The highest BCUT2D eigenvalue weighted by Gasteiger charge is 2.08. The maximum atomic E-state index is 9.99. The first-order valence-electron chi connectivity index (χ1n) is 5.81. The molecule has 1 aromatic rings. The Morgan fingerprint density at radius 3 is 2.12 bits per heavy atom. The molecule has 16 heavy (non-hydrogen) atoms. The number of aliphatic hydroxyl groups excluding tert-OH is 1. The van der Waals surface area contributed by atoms with Crippen LogP contribution in [0.3, 0.4) is 0 Å². The summed E-state index contributed by atoms with van der Waals surface area (Å²) in [6, 6.07) is 9.67. The Balaban J connectivity index is 0.00000106. The van der Waals surface area contributed by atoms with E-state index in [1.54, 1.807) is 0 Å². The topological polar surface area (TPSA) is 20.2 Å². The SMILES string of the molecule is C/C=C\C(=C/C)C(O)c1ccccc1.CC. The molecule has 0 aliphatic rings. The van der Waals surface area contributed by atoms with Crippen molar-refractivity contribution >= 4 is 0 Å². The fourth-order valence-electron chi connectivity index (χ4n) is 1.37. The second kappa shape index (κ2) is 8.93. The van der Waals surface area contributed by atoms with Gasteiger partial charge >= 0.3 is 0 Å². The summed E-state index contributed by atoms with van der Waals surface area (Å²) >= 11 is 0. The molecule has 0 heterocycles. The van der Waals surface area contributed by atoms with Crippen LogP contribution in [-0.4, -0.2) is 5.11 Å². The van der Waals surface area contributed by atoms with E-state index in [1.165, 1.54) is 0 Å². The minimum Gasteiger partial charge on any atom is -0.384 e. The van der Waals surface area contributed by atoms with Crippen molar-refractivity contribution in [2.45, 2.75) is 33.8 Å². The van der Waals surface area contributed by atoms with Crippen molar-refractivity contribution in [2.75, 3.05) is 0 Å². The zero-order chi connectivity index (χ0) is 12.4. The predicted octanol–water partition coefficient (Wildman–Crippen LogP) is 4.27. The van der Waals surface area contributed by atoms with Gasteiger partial charge in [-0.3, -0.25) is 0 Å². The van der Waals surface area contributed by atoms with Gasteiger partial charge in [-0.15, -0.1) is 0 Å². The van der Waals surface area contributed by atoms with Gasteiger partial charge in [0.15, 0.2) is 0 Å². The van der Waals surface area contributed by atoms with Crippen LogP contribution in [0.1, 0.15) is 39.4 Å². The summed E-state index contributed by atoms with van der Waals surface area (Å²) < 4.78 is 0. The molecule has 1 rings (SSSR count). The van der Waals surface area contributed by atoms with Crippen molar-refractivity contribution in [3.05, 3.63) is 59.7 Å². The number of rotatable bonds is 3. The monoisotopic (exact) mass is 218 g/mol. The molecular formula is C15H22O. The highest BCUT2D eigenvalue weighted by Crippen LogP contribution is 2.21. The molecule has 1 nitrogen and oxygen atoms in total. The first-order valence-corrected chi connectivity index (χ1v) is 5.81. The number of hydrogen-bond acceptors (Lipinski definition) is 1. The molecule has 1 atom stereocenters. The molecule has 0 radical (unpaired) electrons. The summed E-state index contributed by atoms with van der Waals surface area (Å²) in [5.74, 6) is 0. The molecule has 0 amide bonds. The minimum absolute atomic E-state index is 0.516. The van der Waals surface area contributed by atoms with E-state index in [1.807, 2.05) is 76.3 Å². The van der Waals surface area contributed by atoms with E-state index in [4.69, 9.17) is 0 Å². The third kappa shape index (κ3) is 4.45. The largest absolute Gasteiger partial charge is 0.384 e. The first-order chi connectivity index (χ1) is 7.79. The van der Waals surface area contributed by atoms with Crippen LogP contribution in [0.2, 0.25) is 0 Å². The summed E-state index contributed by atoms with van der Waals surface area (Å²) in [4.78, 5) is 0. The molecule has 0 spiro atoms. The third-order valence-corrected chi connectivity index (χ3v) is 2.12. The average Bonchev–Trinajstić information content (AvgIpc) is 2.38. The molecule has 0 aliphatic heterocycles. The Kier molecular flexibility index (Phi) is 8.18. The van der Waals surface area contributed by atoms with Crippen molar-refractivity contribution in [3.8, 4) is 0 Å². The Hall–Kier alpha value is -1.34. The molecule has 88 valence electrons. The summed E-state index contributed by atoms with van der Waals surface area (Å²) in [6.07, 6.45) is 5.27. The summed E-state index contributed by atoms with van der Waals surface area (Å²) in [6.45, 7) is 7.88. The zero-order valence-electron chi connectivity index (χ0n) is 10.6. The minimum atomic E-state index is -0.516. The molecule has 0 bridgehead atoms. The van der Waals surface area contributed by atoms with Crippen LogP contribution in [-0.2, 0) is 0 Å². The second-order valence-corrected chi connectivity index (χ2v) is 3.10. The molecule has 1 unspecified atom stereocenters. The number of aliphatic hydroxyl groups is 1. The van der Waals surface area contributed by atoms with E-state index in [0.29, 0.717) is 0 Å². The molecule has 0 saturated heterocycles. The van der Waals surface area contributed by atoms with E-state index in [2.05, 4.69) is 0 Å². The van der Waals surface area contributed by atoms with Gasteiger partial charge in [-0.1, -0.05) is 62.4 Å². The molecular weight excluding hydrogens is 196 g/mol. The van der Waals surface area contributed by atoms with Crippen molar-refractivity contribution < 1.29 is 5.11 Å². The summed E-state index contributed by atoms with van der Waals surface area (Å²) in [5.41, 5.74) is 1.86. The van der Waals surface area contributed by atoms with E-state index in [-0.39, 0.29) is 0 Å². The van der Waals surface area contributed by atoms with Crippen LogP contribution in [0.25, 0.3) is 0 Å². The first kappa shape index (κ1) is 14.7. The summed E-state index contributed by atoms with van der Waals surface area (Å²) in [5, 5.41) is 9.99. The van der Waals surface area contributed by atoms with Gasteiger partial charge in [0.25, 0.3) is 0 Å². The number of hydrogen-bond donors (Lipinski definition) is 1. The normalized spacial score (nSPS) is 13.2. The van der Waals surface area contributed by atoms with Crippen LogP contribution in [0.4, 0.5) is 0 Å². The Labute approximate surface area is 99.1 Å². The third-order valence-electron chi connectivity index (χ3n) is 2.12. The van der Waals surface area contributed by atoms with E-state index >= 15 is 0 Å². The highest BCUT2D eigenvalue weighted by atomic mass is 16.3. The quantitative estimate of drug-likeness (QED) is 0.751. The van der Waals surface area contributed by atoms with Gasteiger partial charge in [0, 0.05) is 0 Å². The van der Waals surface area contributed by atoms with Crippen LogP contribution in [0, 0.1) is 0 Å². The molecule has 0 fully saturated rings. The standard InChI is InChI=1S/C13H16O.C2H6/c1-3-8-11(4-2)13(14)12-9-6-5-7-10-12;1-2/h3-10,13-14H,1-2H3;1-2H3/b8-3-,11-4+;. The van der Waals surface area contributed by atoms with Crippen molar-refractivity contribution in [1.29, 1.82) is 0 Å². The van der Waals surface area contributed by atoms with Gasteiger partial charge in [-0.25, -0.2) is 0 Å². The van der Waals surface area contributed by atoms with Crippen LogP contribution >= 0.6 is 0 Å². The van der Waals surface area contributed by atoms with Crippen molar-refractivity contribution in [3.63, 3.8) is 0 Å². The fraction of sp³-hybridized carbons (Fsp3) is 0.333. The van der Waals surface area contributed by atoms with Gasteiger partial charge < -0.3 is 5.11 Å². The number of allylic oxidation sites excluding steroid dienone is 2. The van der Waals surface area contributed by atoms with Gasteiger partial charge in [0.2, 0.25) is 0 Å². The lowest BCUT2D eigenvalue weighted by Crippen LogP contribution is -1.98. The molecule has 1 heteroatoms. The second-order valence-electron chi connectivity index (χ2n) is 3.10. The highest BCUT2D eigenvalue weighted by molar-refractivity contribution is 5.31. The molecule has 0 saturated carbocycles. The number of benzene rings is 1. The lowest BCUT2D eigenvalue weighted by molar-refractivity contribution is 0.219. The maximum absolute atomic E-state index is 9.99. The van der Waals surface area contributed by atoms with Gasteiger partial charge in [-0.05, 0) is 25.0 Å².